The van der Waals surface area contributed by atoms with Crippen molar-refractivity contribution < 1.29 is 14.4 Å². The zero-order valence-electron chi connectivity index (χ0n) is 14.6. The van der Waals surface area contributed by atoms with Crippen LogP contribution in [-0.4, -0.2) is 46.9 Å². The number of nitrogens with one attached hydrogen (secondary N) is 1. The van der Waals surface area contributed by atoms with Crippen LogP contribution in [0.2, 0.25) is 0 Å². The van der Waals surface area contributed by atoms with Gasteiger partial charge in [0.1, 0.15) is 5.76 Å². The number of aliphatic hydroxyl groups excluding tert-OH is 1. The van der Waals surface area contributed by atoms with E-state index in [9.17, 15) is 9.90 Å². The van der Waals surface area contributed by atoms with Crippen LogP contribution >= 0.6 is 0 Å². The lowest BCUT2D eigenvalue weighted by Crippen LogP contribution is -2.48. The van der Waals surface area contributed by atoms with Gasteiger partial charge in [0.25, 0.3) is 0 Å². The summed E-state index contributed by atoms with van der Waals surface area (Å²) in [6.07, 6.45) is 4.64. The molecule has 1 aromatic heterocycles. The summed E-state index contributed by atoms with van der Waals surface area (Å²) in [5.41, 5.74) is 1.96. The summed E-state index contributed by atoms with van der Waals surface area (Å²) in [6.45, 7) is 6.08. The first-order chi connectivity index (χ1) is 10.9. The molecule has 1 unspecified atom stereocenters. The Kier molecular flexibility index (Phi) is 6.04. The Bertz CT molecular complexity index is 502. The van der Waals surface area contributed by atoms with Gasteiger partial charge >= 0.3 is 6.03 Å². The number of rotatable bonds is 5. The molecule has 1 aliphatic rings. The van der Waals surface area contributed by atoms with Gasteiger partial charge in [0.05, 0.1) is 5.69 Å². The van der Waals surface area contributed by atoms with E-state index < -0.39 is 0 Å². The van der Waals surface area contributed by atoms with Crippen LogP contribution in [0.3, 0.4) is 0 Å². The third kappa shape index (κ3) is 4.47. The molecular weight excluding hydrogens is 294 g/mol. The Morgan fingerprint density at radius 3 is 2.57 bits per heavy atom. The summed E-state index contributed by atoms with van der Waals surface area (Å²) >= 11 is 0. The van der Waals surface area contributed by atoms with Crippen molar-refractivity contribution in [3.63, 3.8) is 0 Å². The molecule has 1 atom stereocenters. The van der Waals surface area contributed by atoms with Crippen LogP contribution in [-0.2, 0) is 6.42 Å². The van der Waals surface area contributed by atoms with E-state index in [-0.39, 0.29) is 24.7 Å². The van der Waals surface area contributed by atoms with Crippen molar-refractivity contribution in [2.75, 3.05) is 13.7 Å². The van der Waals surface area contributed by atoms with E-state index in [2.05, 4.69) is 10.5 Å². The lowest BCUT2D eigenvalue weighted by molar-refractivity contribution is 0.133. The smallest absolute Gasteiger partial charge is 0.317 e. The predicted octanol–water partition coefficient (Wildman–Crippen LogP) is 2.41. The molecule has 2 amide bonds. The quantitative estimate of drug-likeness (QED) is 0.872. The average molecular weight is 323 g/mol. The predicted molar refractivity (Wildman–Crippen MR) is 88.3 cm³/mol. The van der Waals surface area contributed by atoms with Gasteiger partial charge in [-0.1, -0.05) is 5.16 Å². The summed E-state index contributed by atoms with van der Waals surface area (Å²) in [4.78, 5) is 14.2. The van der Waals surface area contributed by atoms with E-state index in [4.69, 9.17) is 4.52 Å². The van der Waals surface area contributed by atoms with Gasteiger partial charge < -0.3 is 19.8 Å². The van der Waals surface area contributed by atoms with Crippen LogP contribution in [0.4, 0.5) is 4.79 Å². The molecule has 1 fully saturated rings. The van der Waals surface area contributed by atoms with Gasteiger partial charge in [-0.3, -0.25) is 0 Å². The molecule has 0 bridgehead atoms. The van der Waals surface area contributed by atoms with Crippen molar-refractivity contribution in [3.8, 4) is 0 Å². The van der Waals surface area contributed by atoms with Crippen molar-refractivity contribution in [2.45, 2.75) is 65.0 Å². The Labute approximate surface area is 138 Å². The minimum atomic E-state index is -0.0308. The second kappa shape index (κ2) is 7.81. The molecule has 23 heavy (non-hydrogen) atoms. The number of carbonyl (C=O) groups excluding carboxylic acids is 1. The van der Waals surface area contributed by atoms with Crippen LogP contribution in [0.1, 0.15) is 49.6 Å². The number of aliphatic hydroxyl groups is 1. The van der Waals surface area contributed by atoms with E-state index in [0.29, 0.717) is 5.92 Å². The van der Waals surface area contributed by atoms with E-state index in [1.54, 1.807) is 0 Å². The number of urea groups is 1. The number of nitrogens with zero attached hydrogens (tertiary/aromatic N) is 2. The van der Waals surface area contributed by atoms with Gasteiger partial charge in [-0.05, 0) is 58.8 Å². The fourth-order valence-electron chi connectivity index (χ4n) is 3.34. The monoisotopic (exact) mass is 323 g/mol. The highest BCUT2D eigenvalue weighted by atomic mass is 16.5. The van der Waals surface area contributed by atoms with E-state index in [0.717, 1.165) is 49.1 Å². The highest BCUT2D eigenvalue weighted by molar-refractivity contribution is 5.74. The Morgan fingerprint density at radius 1 is 1.39 bits per heavy atom. The first-order valence-corrected chi connectivity index (χ1v) is 8.48. The van der Waals surface area contributed by atoms with Gasteiger partial charge in [0, 0.05) is 31.3 Å². The van der Waals surface area contributed by atoms with Gasteiger partial charge in [0.2, 0.25) is 0 Å². The standard InChI is InChI=1S/C17H29N3O3/c1-11(9-16-12(2)19-23-13(16)3)18-17(22)20(4)15-7-5-14(10-21)6-8-15/h11,14-15,21H,5-10H2,1-4H3,(H,18,22). The zero-order chi connectivity index (χ0) is 17.0. The van der Waals surface area contributed by atoms with Gasteiger partial charge in [-0.2, -0.15) is 0 Å². The molecule has 130 valence electrons. The molecule has 0 aromatic carbocycles. The van der Waals surface area contributed by atoms with E-state index in [1.807, 2.05) is 32.7 Å². The maximum absolute atomic E-state index is 12.4. The lowest BCUT2D eigenvalue weighted by Gasteiger charge is -2.34. The molecule has 1 heterocycles. The third-order valence-corrected chi connectivity index (χ3v) is 5.00. The average Bonchev–Trinajstić information content (AvgIpc) is 2.86. The number of hydrogen-bond donors (Lipinski definition) is 2. The van der Waals surface area contributed by atoms with Crippen LogP contribution in [0.5, 0.6) is 0 Å². The fraction of sp³-hybridized carbons (Fsp3) is 0.765. The highest BCUT2D eigenvalue weighted by Crippen LogP contribution is 2.26. The van der Waals surface area contributed by atoms with Crippen LogP contribution in [0, 0.1) is 19.8 Å². The van der Waals surface area contributed by atoms with Crippen molar-refractivity contribution in [3.05, 3.63) is 17.0 Å². The van der Waals surface area contributed by atoms with Crippen LogP contribution < -0.4 is 5.32 Å². The van der Waals surface area contributed by atoms with Crippen molar-refractivity contribution in [1.82, 2.24) is 15.4 Å². The summed E-state index contributed by atoms with van der Waals surface area (Å²) in [7, 11) is 1.86. The van der Waals surface area contributed by atoms with Gasteiger partial charge in [0.15, 0.2) is 0 Å². The summed E-state index contributed by atoms with van der Waals surface area (Å²) in [5, 5.41) is 16.2. The molecule has 1 aliphatic carbocycles. The van der Waals surface area contributed by atoms with E-state index >= 15 is 0 Å². The van der Waals surface area contributed by atoms with Crippen molar-refractivity contribution in [2.24, 2.45) is 5.92 Å². The normalized spacial score (nSPS) is 22.7. The third-order valence-electron chi connectivity index (χ3n) is 5.00. The Balaban J connectivity index is 1.83. The Hall–Kier alpha value is -1.56. The second-order valence-corrected chi connectivity index (χ2v) is 6.83. The molecule has 2 rings (SSSR count). The largest absolute Gasteiger partial charge is 0.396 e. The molecule has 6 nitrogen and oxygen atoms in total. The summed E-state index contributed by atoms with van der Waals surface area (Å²) < 4.78 is 5.17. The maximum atomic E-state index is 12.4. The van der Waals surface area contributed by atoms with Gasteiger partial charge in [-0.15, -0.1) is 0 Å². The molecule has 0 saturated heterocycles. The van der Waals surface area contributed by atoms with E-state index in [1.165, 1.54) is 0 Å². The Morgan fingerprint density at radius 2 is 2.04 bits per heavy atom. The minimum absolute atomic E-state index is 0.0236. The molecular formula is C17H29N3O3. The van der Waals surface area contributed by atoms with Crippen molar-refractivity contribution >= 4 is 6.03 Å². The maximum Gasteiger partial charge on any atom is 0.317 e. The first-order valence-electron chi connectivity index (χ1n) is 8.48. The molecule has 1 aromatic rings. The summed E-state index contributed by atoms with van der Waals surface area (Å²) in [5.74, 6) is 1.22. The first kappa shape index (κ1) is 17.8. The topological polar surface area (TPSA) is 78.6 Å². The number of amides is 2. The molecule has 6 heteroatoms. The minimum Gasteiger partial charge on any atom is -0.396 e. The number of hydrogen-bond acceptors (Lipinski definition) is 4. The SMILES string of the molecule is Cc1noc(C)c1CC(C)NC(=O)N(C)C1CCC(CO)CC1. The molecule has 0 radical (unpaired) electrons. The van der Waals surface area contributed by atoms with Crippen molar-refractivity contribution in [1.29, 1.82) is 0 Å². The van der Waals surface area contributed by atoms with Crippen LogP contribution in [0.25, 0.3) is 0 Å². The van der Waals surface area contributed by atoms with Crippen LogP contribution in [0.15, 0.2) is 4.52 Å². The number of aromatic nitrogens is 1. The molecule has 0 spiro atoms. The zero-order valence-corrected chi connectivity index (χ0v) is 14.6. The lowest BCUT2D eigenvalue weighted by atomic mass is 9.86. The summed E-state index contributed by atoms with van der Waals surface area (Å²) in [6, 6.07) is 0.260. The molecule has 2 N–H and O–H groups in total. The number of aryl methyl sites for hydroxylation is 2. The highest BCUT2D eigenvalue weighted by Gasteiger charge is 2.27. The second-order valence-electron chi connectivity index (χ2n) is 6.83. The number of carbonyl (C=O) groups is 1. The molecule has 1 saturated carbocycles. The van der Waals surface area contributed by atoms with Gasteiger partial charge in [-0.25, -0.2) is 4.79 Å². The molecule has 0 aliphatic heterocycles. The fourth-order valence-corrected chi connectivity index (χ4v) is 3.34.